The van der Waals surface area contributed by atoms with E-state index in [1.54, 1.807) is 27.8 Å². The molecule has 0 unspecified atom stereocenters. The minimum absolute atomic E-state index is 0.343. The van der Waals surface area contributed by atoms with E-state index >= 15 is 0 Å². The SMILES string of the molecule is N#Cc1c(CCCNc2ncnc(-n3cccn3)c2N)nn(-c2ccccc2)c1N. The molecular weight excluding hydrogens is 380 g/mol. The van der Waals surface area contributed by atoms with Gasteiger partial charge in [-0.05, 0) is 31.0 Å². The molecule has 0 aliphatic rings. The fourth-order valence-electron chi connectivity index (χ4n) is 3.11. The van der Waals surface area contributed by atoms with Crippen molar-refractivity contribution in [2.45, 2.75) is 12.8 Å². The lowest BCUT2D eigenvalue weighted by Crippen LogP contribution is -2.11. The van der Waals surface area contributed by atoms with Crippen molar-refractivity contribution in [2.75, 3.05) is 23.3 Å². The summed E-state index contributed by atoms with van der Waals surface area (Å²) in [5, 5.41) is 21.4. The molecule has 10 nitrogen and oxygen atoms in total. The average molecular weight is 400 g/mol. The van der Waals surface area contributed by atoms with Crippen LogP contribution in [0.2, 0.25) is 0 Å². The predicted molar refractivity (Wildman–Crippen MR) is 113 cm³/mol. The number of benzene rings is 1. The Morgan fingerprint density at radius 3 is 2.67 bits per heavy atom. The van der Waals surface area contributed by atoms with Gasteiger partial charge in [-0.1, -0.05) is 18.2 Å². The Morgan fingerprint density at radius 1 is 1.10 bits per heavy atom. The summed E-state index contributed by atoms with van der Waals surface area (Å²) < 4.78 is 3.18. The number of hydrogen-bond donors (Lipinski definition) is 3. The largest absolute Gasteiger partial charge is 0.393 e. The summed E-state index contributed by atoms with van der Waals surface area (Å²) in [5.41, 5.74) is 14.6. The third-order valence-electron chi connectivity index (χ3n) is 4.57. The second kappa shape index (κ2) is 8.32. The van der Waals surface area contributed by atoms with E-state index in [0.29, 0.717) is 53.8 Å². The van der Waals surface area contributed by atoms with Crippen molar-refractivity contribution in [3.05, 3.63) is 66.4 Å². The first-order chi connectivity index (χ1) is 14.7. The Labute approximate surface area is 172 Å². The molecule has 0 fully saturated rings. The van der Waals surface area contributed by atoms with Gasteiger partial charge in [0.2, 0.25) is 0 Å². The molecule has 0 aliphatic carbocycles. The minimum Gasteiger partial charge on any atom is -0.393 e. The van der Waals surface area contributed by atoms with E-state index in [1.807, 2.05) is 30.3 Å². The summed E-state index contributed by atoms with van der Waals surface area (Å²) in [5.74, 6) is 1.39. The van der Waals surface area contributed by atoms with Gasteiger partial charge in [0.1, 0.15) is 29.5 Å². The van der Waals surface area contributed by atoms with Crippen LogP contribution in [0.3, 0.4) is 0 Å². The molecule has 1 aromatic carbocycles. The highest BCUT2D eigenvalue weighted by Gasteiger charge is 2.16. The lowest BCUT2D eigenvalue weighted by atomic mass is 10.1. The van der Waals surface area contributed by atoms with Crippen LogP contribution in [0.15, 0.2) is 55.1 Å². The highest BCUT2D eigenvalue weighted by molar-refractivity contribution is 5.68. The molecular formula is C20H20N10. The molecule has 30 heavy (non-hydrogen) atoms. The quantitative estimate of drug-likeness (QED) is 0.398. The van der Waals surface area contributed by atoms with E-state index in [0.717, 1.165) is 5.69 Å². The molecule has 3 aromatic heterocycles. The first-order valence-electron chi connectivity index (χ1n) is 9.36. The Balaban J connectivity index is 1.43. The van der Waals surface area contributed by atoms with Crippen molar-refractivity contribution in [1.29, 1.82) is 5.26 Å². The number of nitrogens with two attached hydrogens (primary N) is 2. The molecule has 10 heteroatoms. The molecule has 0 saturated carbocycles. The van der Waals surface area contributed by atoms with E-state index in [4.69, 9.17) is 11.5 Å². The molecule has 4 aromatic rings. The Hall–Kier alpha value is -4.39. The molecule has 0 atom stereocenters. The average Bonchev–Trinajstić information content (AvgIpc) is 3.41. The number of aryl methyl sites for hydroxylation is 1. The van der Waals surface area contributed by atoms with Gasteiger partial charge >= 0.3 is 0 Å². The summed E-state index contributed by atoms with van der Waals surface area (Å²) in [6.07, 6.45) is 6.14. The number of anilines is 3. The third-order valence-corrected chi connectivity index (χ3v) is 4.57. The van der Waals surface area contributed by atoms with Crippen molar-refractivity contribution in [3.63, 3.8) is 0 Å². The third kappa shape index (κ3) is 3.64. The number of para-hydroxylation sites is 1. The maximum Gasteiger partial charge on any atom is 0.181 e. The van der Waals surface area contributed by atoms with Crippen LogP contribution in [-0.4, -0.2) is 36.1 Å². The number of aromatic nitrogens is 6. The van der Waals surface area contributed by atoms with Gasteiger partial charge in [0.15, 0.2) is 11.6 Å². The van der Waals surface area contributed by atoms with Crippen LogP contribution in [0.5, 0.6) is 0 Å². The van der Waals surface area contributed by atoms with Crippen molar-refractivity contribution in [3.8, 4) is 17.6 Å². The predicted octanol–water partition coefficient (Wildman–Crippen LogP) is 1.93. The van der Waals surface area contributed by atoms with Gasteiger partial charge in [0.05, 0.1) is 11.4 Å². The Bertz CT molecular complexity index is 1170. The van der Waals surface area contributed by atoms with Crippen LogP contribution in [0, 0.1) is 11.3 Å². The molecule has 0 aliphatic heterocycles. The topological polar surface area (TPSA) is 149 Å². The zero-order valence-electron chi connectivity index (χ0n) is 16.1. The van der Waals surface area contributed by atoms with E-state index in [-0.39, 0.29) is 0 Å². The summed E-state index contributed by atoms with van der Waals surface area (Å²) >= 11 is 0. The van der Waals surface area contributed by atoms with Crippen molar-refractivity contribution in [1.82, 2.24) is 29.5 Å². The maximum absolute atomic E-state index is 9.51. The van der Waals surface area contributed by atoms with Gasteiger partial charge < -0.3 is 16.8 Å². The maximum atomic E-state index is 9.51. The number of nitrogens with one attached hydrogen (secondary N) is 1. The summed E-state index contributed by atoms with van der Waals surface area (Å²) in [6.45, 7) is 0.586. The van der Waals surface area contributed by atoms with Crippen LogP contribution in [0.1, 0.15) is 17.7 Å². The lowest BCUT2D eigenvalue weighted by Gasteiger charge is -2.10. The van der Waals surface area contributed by atoms with Crippen LogP contribution in [0.4, 0.5) is 17.3 Å². The Morgan fingerprint density at radius 2 is 1.93 bits per heavy atom. The normalized spacial score (nSPS) is 10.6. The minimum atomic E-state index is 0.343. The van der Waals surface area contributed by atoms with Crippen molar-refractivity contribution in [2.24, 2.45) is 0 Å². The highest BCUT2D eigenvalue weighted by atomic mass is 15.3. The summed E-state index contributed by atoms with van der Waals surface area (Å²) in [7, 11) is 0. The molecule has 0 bridgehead atoms. The molecule has 150 valence electrons. The van der Waals surface area contributed by atoms with Gasteiger partial charge in [-0.3, -0.25) is 0 Å². The molecule has 4 rings (SSSR count). The molecule has 0 saturated heterocycles. The number of hydrogen-bond acceptors (Lipinski definition) is 8. The van der Waals surface area contributed by atoms with E-state index in [1.165, 1.54) is 6.33 Å². The first kappa shape index (κ1) is 18.9. The number of nitrogens with zero attached hydrogens (tertiary/aromatic N) is 7. The fourth-order valence-corrected chi connectivity index (χ4v) is 3.11. The van der Waals surface area contributed by atoms with Crippen LogP contribution < -0.4 is 16.8 Å². The highest BCUT2D eigenvalue weighted by Crippen LogP contribution is 2.23. The van der Waals surface area contributed by atoms with Crippen LogP contribution >= 0.6 is 0 Å². The van der Waals surface area contributed by atoms with Crippen molar-refractivity contribution < 1.29 is 0 Å². The number of rotatable bonds is 7. The smallest absolute Gasteiger partial charge is 0.181 e. The zero-order chi connectivity index (χ0) is 20.9. The Kier molecular flexibility index (Phi) is 5.25. The van der Waals surface area contributed by atoms with Gasteiger partial charge in [-0.15, -0.1) is 0 Å². The molecule has 0 radical (unpaired) electrons. The first-order valence-corrected chi connectivity index (χ1v) is 9.36. The van der Waals surface area contributed by atoms with E-state index in [2.05, 4.69) is 31.6 Å². The standard InChI is InChI=1S/C20H20N10/c21-12-15-16(28-30(18(15)23)14-6-2-1-3-7-14)8-4-9-24-19-17(22)20(26-13-25-19)29-11-5-10-27-29/h1-3,5-7,10-11,13H,4,8-9,22-23H2,(H,24,25,26). The lowest BCUT2D eigenvalue weighted by molar-refractivity contribution is 0.788. The fraction of sp³-hybridized carbons (Fsp3) is 0.150. The molecule has 3 heterocycles. The monoisotopic (exact) mass is 400 g/mol. The van der Waals surface area contributed by atoms with Crippen molar-refractivity contribution >= 4 is 17.3 Å². The van der Waals surface area contributed by atoms with Gasteiger partial charge in [-0.25, -0.2) is 19.3 Å². The molecule has 0 amide bonds. The van der Waals surface area contributed by atoms with E-state index < -0.39 is 0 Å². The summed E-state index contributed by atoms with van der Waals surface area (Å²) in [4.78, 5) is 8.39. The summed E-state index contributed by atoms with van der Waals surface area (Å²) in [6, 6.07) is 13.5. The second-order valence-corrected chi connectivity index (χ2v) is 6.51. The van der Waals surface area contributed by atoms with Gasteiger partial charge in [-0.2, -0.15) is 15.5 Å². The van der Waals surface area contributed by atoms with E-state index in [9.17, 15) is 5.26 Å². The number of nitrogen functional groups attached to an aromatic ring is 2. The van der Waals surface area contributed by atoms with Crippen LogP contribution in [-0.2, 0) is 6.42 Å². The van der Waals surface area contributed by atoms with Gasteiger partial charge in [0.25, 0.3) is 0 Å². The zero-order valence-corrected chi connectivity index (χ0v) is 16.1. The molecule has 0 spiro atoms. The number of nitriles is 1. The van der Waals surface area contributed by atoms with Crippen LogP contribution in [0.25, 0.3) is 11.5 Å². The molecule has 5 N–H and O–H groups in total. The van der Waals surface area contributed by atoms with Gasteiger partial charge in [0, 0.05) is 18.9 Å². The second-order valence-electron chi connectivity index (χ2n) is 6.51.